The highest BCUT2D eigenvalue weighted by Gasteiger charge is 2.28. The van der Waals surface area contributed by atoms with Gasteiger partial charge in [0.1, 0.15) is 17.8 Å². The lowest BCUT2D eigenvalue weighted by Crippen LogP contribution is -2.42. The van der Waals surface area contributed by atoms with Crippen LogP contribution >= 0.6 is 0 Å². The average molecular weight is 383 g/mol. The molecular formula is C21H25N3O4. The van der Waals surface area contributed by atoms with Gasteiger partial charge in [0, 0.05) is 50.3 Å². The average Bonchev–Trinajstić information content (AvgIpc) is 3.22. The maximum Gasteiger partial charge on any atom is 0.259 e. The number of hydrogen-bond acceptors (Lipinski definition) is 6. The molecule has 0 N–H and O–H groups in total. The molecule has 4 rings (SSSR count). The highest BCUT2D eigenvalue weighted by atomic mass is 16.5. The third kappa shape index (κ3) is 4.42. The van der Waals surface area contributed by atoms with Crippen molar-refractivity contribution in [3.8, 4) is 11.8 Å². The number of aryl methyl sites for hydroxylation is 1. The number of pyridine rings is 2. The van der Waals surface area contributed by atoms with Crippen LogP contribution in [-0.4, -0.2) is 59.3 Å². The van der Waals surface area contributed by atoms with Crippen molar-refractivity contribution < 1.29 is 19.0 Å². The summed E-state index contributed by atoms with van der Waals surface area (Å²) < 4.78 is 17.2. The number of rotatable bonds is 5. The van der Waals surface area contributed by atoms with Gasteiger partial charge in [-0.15, -0.1) is 0 Å². The predicted octanol–water partition coefficient (Wildman–Crippen LogP) is 2.64. The molecule has 28 heavy (non-hydrogen) atoms. The summed E-state index contributed by atoms with van der Waals surface area (Å²) in [5.74, 6) is 0.992. The molecule has 2 aromatic rings. The lowest BCUT2D eigenvalue weighted by atomic mass is 10.1. The van der Waals surface area contributed by atoms with Crippen LogP contribution in [0.15, 0.2) is 36.5 Å². The molecule has 2 aromatic heterocycles. The fraction of sp³-hybridized carbons (Fsp3) is 0.476. The number of nitrogens with zero attached hydrogens (tertiary/aromatic N) is 3. The first-order valence-corrected chi connectivity index (χ1v) is 9.78. The van der Waals surface area contributed by atoms with Crippen molar-refractivity contribution in [1.29, 1.82) is 0 Å². The van der Waals surface area contributed by atoms with Crippen molar-refractivity contribution in [3.05, 3.63) is 47.8 Å². The van der Waals surface area contributed by atoms with Crippen LogP contribution in [0.2, 0.25) is 0 Å². The van der Waals surface area contributed by atoms with Gasteiger partial charge in [0.2, 0.25) is 11.8 Å². The quantitative estimate of drug-likeness (QED) is 0.790. The second-order valence-electron chi connectivity index (χ2n) is 7.19. The molecule has 0 aliphatic carbocycles. The van der Waals surface area contributed by atoms with Crippen molar-refractivity contribution in [3.63, 3.8) is 0 Å². The number of carbonyl (C=O) groups excluding carboxylic acids is 1. The monoisotopic (exact) mass is 383 g/mol. The van der Waals surface area contributed by atoms with E-state index in [0.29, 0.717) is 43.6 Å². The second-order valence-corrected chi connectivity index (χ2v) is 7.19. The molecule has 7 heteroatoms. The molecule has 2 fully saturated rings. The Labute approximate surface area is 164 Å². The number of aromatic nitrogens is 2. The number of carbonyl (C=O) groups is 1. The summed E-state index contributed by atoms with van der Waals surface area (Å²) in [4.78, 5) is 23.5. The first-order valence-electron chi connectivity index (χ1n) is 9.78. The van der Waals surface area contributed by atoms with Crippen molar-refractivity contribution in [2.45, 2.75) is 38.4 Å². The van der Waals surface area contributed by atoms with Gasteiger partial charge < -0.3 is 19.1 Å². The van der Waals surface area contributed by atoms with E-state index in [1.807, 2.05) is 30.0 Å². The van der Waals surface area contributed by atoms with Crippen LogP contribution in [0.3, 0.4) is 0 Å². The number of ether oxygens (including phenoxy) is 3. The summed E-state index contributed by atoms with van der Waals surface area (Å²) >= 11 is 0. The lowest BCUT2D eigenvalue weighted by molar-refractivity contribution is 0.0579. The van der Waals surface area contributed by atoms with Gasteiger partial charge in [-0.3, -0.25) is 4.79 Å². The topological polar surface area (TPSA) is 73.8 Å². The lowest BCUT2D eigenvalue weighted by Gasteiger charge is -2.32. The molecule has 4 heterocycles. The standard InChI is InChI=1S/C21H25N3O4/c1-15-4-2-6-19(23-15)27-16-7-11-24(12-8-16)21(25)18-5-3-10-22-20(18)28-17-9-13-26-14-17/h2-6,10,16-17H,7-9,11-14H2,1H3. The number of likely N-dealkylation sites (tertiary alicyclic amines) is 1. The Hall–Kier alpha value is -2.67. The molecule has 1 unspecified atom stereocenters. The number of amides is 1. The van der Waals surface area contributed by atoms with Crippen LogP contribution in [0.4, 0.5) is 0 Å². The highest BCUT2D eigenvalue weighted by molar-refractivity contribution is 5.96. The van der Waals surface area contributed by atoms with Crippen LogP contribution in [0.1, 0.15) is 35.3 Å². The van der Waals surface area contributed by atoms with Crippen LogP contribution in [0, 0.1) is 6.92 Å². The Kier molecular flexibility index (Phi) is 5.71. The van der Waals surface area contributed by atoms with Crippen molar-refractivity contribution in [1.82, 2.24) is 14.9 Å². The first kappa shape index (κ1) is 18.7. The van der Waals surface area contributed by atoms with E-state index in [9.17, 15) is 4.79 Å². The summed E-state index contributed by atoms with van der Waals surface area (Å²) in [5.41, 5.74) is 1.44. The SMILES string of the molecule is Cc1cccc(OC2CCN(C(=O)c3cccnc3OC3CCOC3)CC2)n1. The third-order valence-electron chi connectivity index (χ3n) is 5.05. The molecule has 0 bridgehead atoms. The molecular weight excluding hydrogens is 358 g/mol. The third-order valence-corrected chi connectivity index (χ3v) is 5.05. The first-order chi connectivity index (χ1) is 13.7. The maximum atomic E-state index is 13.0. The molecule has 0 aromatic carbocycles. The zero-order valence-corrected chi connectivity index (χ0v) is 16.0. The number of piperidine rings is 1. The van der Waals surface area contributed by atoms with Gasteiger partial charge in [0.25, 0.3) is 5.91 Å². The minimum atomic E-state index is -0.0471. The second kappa shape index (κ2) is 8.56. The van der Waals surface area contributed by atoms with Gasteiger partial charge in [-0.1, -0.05) is 6.07 Å². The number of hydrogen-bond donors (Lipinski definition) is 0. The molecule has 1 amide bonds. The van der Waals surface area contributed by atoms with Crippen LogP contribution in [-0.2, 0) is 4.74 Å². The fourth-order valence-corrected chi connectivity index (χ4v) is 3.51. The Morgan fingerprint density at radius 3 is 2.71 bits per heavy atom. The molecule has 7 nitrogen and oxygen atoms in total. The van der Waals surface area contributed by atoms with Gasteiger partial charge in [0.05, 0.1) is 13.2 Å². The molecule has 148 valence electrons. The minimum Gasteiger partial charge on any atom is -0.474 e. The van der Waals surface area contributed by atoms with Gasteiger partial charge in [-0.05, 0) is 25.1 Å². The highest BCUT2D eigenvalue weighted by Crippen LogP contribution is 2.24. The zero-order chi connectivity index (χ0) is 19.3. The van der Waals surface area contributed by atoms with Gasteiger partial charge >= 0.3 is 0 Å². The Morgan fingerprint density at radius 1 is 1.11 bits per heavy atom. The van der Waals surface area contributed by atoms with E-state index in [-0.39, 0.29) is 18.1 Å². The van der Waals surface area contributed by atoms with E-state index >= 15 is 0 Å². The van der Waals surface area contributed by atoms with Crippen molar-refractivity contribution >= 4 is 5.91 Å². The summed E-state index contributed by atoms with van der Waals surface area (Å²) in [6.45, 7) is 4.44. The Morgan fingerprint density at radius 2 is 1.96 bits per heavy atom. The zero-order valence-electron chi connectivity index (χ0n) is 16.0. The Balaban J connectivity index is 1.36. The van der Waals surface area contributed by atoms with Gasteiger partial charge in [-0.25, -0.2) is 9.97 Å². The van der Waals surface area contributed by atoms with Crippen LogP contribution < -0.4 is 9.47 Å². The van der Waals surface area contributed by atoms with E-state index in [1.54, 1.807) is 18.3 Å². The smallest absolute Gasteiger partial charge is 0.259 e. The van der Waals surface area contributed by atoms with Crippen LogP contribution in [0.25, 0.3) is 0 Å². The largest absolute Gasteiger partial charge is 0.474 e. The Bertz CT molecular complexity index is 815. The molecule has 2 aliphatic rings. The molecule has 2 aliphatic heterocycles. The predicted molar refractivity (Wildman–Crippen MR) is 103 cm³/mol. The maximum absolute atomic E-state index is 13.0. The summed E-state index contributed by atoms with van der Waals surface area (Å²) in [6.07, 6.45) is 4.04. The molecule has 0 saturated carbocycles. The molecule has 1 atom stereocenters. The normalized spacial score (nSPS) is 20.2. The van der Waals surface area contributed by atoms with E-state index in [1.165, 1.54) is 0 Å². The van der Waals surface area contributed by atoms with Crippen LogP contribution in [0.5, 0.6) is 11.8 Å². The van der Waals surface area contributed by atoms with Crippen molar-refractivity contribution in [2.75, 3.05) is 26.3 Å². The van der Waals surface area contributed by atoms with E-state index in [0.717, 1.165) is 25.0 Å². The molecule has 0 spiro atoms. The summed E-state index contributed by atoms with van der Waals surface area (Å²) in [7, 11) is 0. The van der Waals surface area contributed by atoms with Gasteiger partial charge in [0.15, 0.2) is 0 Å². The summed E-state index contributed by atoms with van der Waals surface area (Å²) in [5, 5.41) is 0. The van der Waals surface area contributed by atoms with Gasteiger partial charge in [-0.2, -0.15) is 0 Å². The molecule has 0 radical (unpaired) electrons. The molecule has 2 saturated heterocycles. The minimum absolute atomic E-state index is 0.0394. The fourth-order valence-electron chi connectivity index (χ4n) is 3.51. The van der Waals surface area contributed by atoms with E-state index in [2.05, 4.69) is 9.97 Å². The van der Waals surface area contributed by atoms with E-state index < -0.39 is 0 Å². The van der Waals surface area contributed by atoms with Crippen molar-refractivity contribution in [2.24, 2.45) is 0 Å². The summed E-state index contributed by atoms with van der Waals surface area (Å²) in [6, 6.07) is 9.30. The van der Waals surface area contributed by atoms with E-state index in [4.69, 9.17) is 14.2 Å².